The topological polar surface area (TPSA) is 51.8 Å². The maximum absolute atomic E-state index is 13.2. The van der Waals surface area contributed by atoms with E-state index in [1.165, 1.54) is 18.5 Å². The molecule has 0 radical (unpaired) electrons. The number of halogens is 1. The van der Waals surface area contributed by atoms with Gasteiger partial charge in [0.1, 0.15) is 12.1 Å². The molecule has 1 aromatic carbocycles. The van der Waals surface area contributed by atoms with E-state index in [1.54, 1.807) is 18.5 Å². The number of rotatable bonds is 2. The third kappa shape index (κ3) is 2.06. The summed E-state index contributed by atoms with van der Waals surface area (Å²) in [5.41, 5.74) is 8.24. The summed E-state index contributed by atoms with van der Waals surface area (Å²) in [6.07, 6.45) is 4.73. The lowest BCUT2D eigenvalue weighted by Gasteiger charge is -2.12. The monoisotopic (exact) mass is 217 g/mol. The Labute approximate surface area is 93.2 Å². The Morgan fingerprint density at radius 1 is 1.25 bits per heavy atom. The van der Waals surface area contributed by atoms with Crippen molar-refractivity contribution in [1.29, 1.82) is 0 Å². The first-order valence-electron chi connectivity index (χ1n) is 4.99. The molecule has 0 amide bonds. The summed E-state index contributed by atoms with van der Waals surface area (Å²) in [6, 6.07) is 4.40. The number of nitrogens with zero attached hydrogens (tertiary/aromatic N) is 2. The third-order valence-corrected chi connectivity index (χ3v) is 2.38. The molecule has 3 nitrogen and oxygen atoms in total. The second-order valence-corrected chi connectivity index (χ2v) is 3.65. The van der Waals surface area contributed by atoms with Gasteiger partial charge in [-0.05, 0) is 30.2 Å². The van der Waals surface area contributed by atoms with Crippen LogP contribution >= 0.6 is 0 Å². The molecule has 16 heavy (non-hydrogen) atoms. The molecule has 0 aliphatic heterocycles. The van der Waals surface area contributed by atoms with E-state index in [2.05, 4.69) is 9.97 Å². The Balaban J connectivity index is 2.58. The van der Waals surface area contributed by atoms with Gasteiger partial charge in [0.05, 0.1) is 0 Å². The van der Waals surface area contributed by atoms with Crippen LogP contribution in [-0.2, 0) is 0 Å². The van der Waals surface area contributed by atoms with Gasteiger partial charge in [-0.2, -0.15) is 0 Å². The highest BCUT2D eigenvalue weighted by Crippen LogP contribution is 2.26. The second-order valence-electron chi connectivity index (χ2n) is 3.65. The molecule has 1 heterocycles. The molecular weight excluding hydrogens is 205 g/mol. The molecule has 0 bridgehead atoms. The number of nitrogens with two attached hydrogens (primary N) is 1. The summed E-state index contributed by atoms with van der Waals surface area (Å²) in [5.74, 6) is -0.289. The zero-order valence-corrected chi connectivity index (χ0v) is 8.89. The van der Waals surface area contributed by atoms with Crippen LogP contribution in [0, 0.1) is 5.82 Å². The van der Waals surface area contributed by atoms with E-state index in [0.29, 0.717) is 0 Å². The zero-order chi connectivity index (χ0) is 11.5. The van der Waals surface area contributed by atoms with Crippen LogP contribution in [0.4, 0.5) is 4.39 Å². The Morgan fingerprint density at radius 3 is 2.56 bits per heavy atom. The number of benzene rings is 1. The van der Waals surface area contributed by atoms with Crippen molar-refractivity contribution < 1.29 is 4.39 Å². The van der Waals surface area contributed by atoms with E-state index in [1.807, 2.05) is 6.92 Å². The van der Waals surface area contributed by atoms with E-state index in [-0.39, 0.29) is 11.9 Å². The molecule has 4 heteroatoms. The van der Waals surface area contributed by atoms with Crippen LogP contribution in [0.2, 0.25) is 0 Å². The second kappa shape index (κ2) is 4.37. The van der Waals surface area contributed by atoms with Crippen molar-refractivity contribution in [2.24, 2.45) is 5.73 Å². The number of hydrogen-bond donors (Lipinski definition) is 1. The predicted molar refractivity (Wildman–Crippen MR) is 60.0 cm³/mol. The zero-order valence-electron chi connectivity index (χ0n) is 8.89. The van der Waals surface area contributed by atoms with Gasteiger partial charge in [-0.15, -0.1) is 0 Å². The van der Waals surface area contributed by atoms with Crippen LogP contribution in [-0.4, -0.2) is 9.97 Å². The highest BCUT2D eigenvalue weighted by atomic mass is 19.1. The maximum Gasteiger partial charge on any atom is 0.123 e. The van der Waals surface area contributed by atoms with Gasteiger partial charge in [0.15, 0.2) is 0 Å². The summed E-state index contributed by atoms with van der Waals surface area (Å²) in [5, 5.41) is 0. The molecular formula is C12H12FN3. The van der Waals surface area contributed by atoms with E-state index in [9.17, 15) is 4.39 Å². The molecule has 0 aliphatic carbocycles. The molecule has 1 aromatic heterocycles. The number of aromatic nitrogens is 2. The van der Waals surface area contributed by atoms with Gasteiger partial charge in [0.2, 0.25) is 0 Å². The SMILES string of the molecule is CC(N)c1ccc(F)cc1-c1cncnc1. The van der Waals surface area contributed by atoms with Crippen LogP contribution in [0.15, 0.2) is 36.9 Å². The van der Waals surface area contributed by atoms with Crippen LogP contribution in [0.5, 0.6) is 0 Å². The summed E-state index contributed by atoms with van der Waals surface area (Å²) >= 11 is 0. The first-order valence-corrected chi connectivity index (χ1v) is 4.99. The Kier molecular flexibility index (Phi) is 2.92. The van der Waals surface area contributed by atoms with Gasteiger partial charge in [-0.1, -0.05) is 6.07 Å². The van der Waals surface area contributed by atoms with Crippen molar-refractivity contribution in [3.8, 4) is 11.1 Å². The standard InChI is InChI=1S/C12H12FN3/c1-8(14)11-3-2-10(13)4-12(11)9-5-15-7-16-6-9/h2-8H,14H2,1H3. The first kappa shape index (κ1) is 10.7. The fourth-order valence-electron chi connectivity index (χ4n) is 1.61. The largest absolute Gasteiger partial charge is 0.324 e. The third-order valence-electron chi connectivity index (χ3n) is 2.38. The first-order chi connectivity index (χ1) is 7.68. The molecule has 0 aliphatic rings. The Hall–Kier alpha value is -1.81. The molecule has 0 spiro atoms. The lowest BCUT2D eigenvalue weighted by atomic mass is 9.97. The van der Waals surface area contributed by atoms with Gasteiger partial charge in [-0.25, -0.2) is 14.4 Å². The summed E-state index contributed by atoms with van der Waals surface area (Å²) in [4.78, 5) is 7.83. The van der Waals surface area contributed by atoms with E-state index in [4.69, 9.17) is 5.73 Å². The average molecular weight is 217 g/mol. The van der Waals surface area contributed by atoms with Crippen molar-refractivity contribution in [2.45, 2.75) is 13.0 Å². The van der Waals surface area contributed by atoms with Gasteiger partial charge >= 0.3 is 0 Å². The maximum atomic E-state index is 13.2. The van der Waals surface area contributed by atoms with Crippen LogP contribution in [0.1, 0.15) is 18.5 Å². The van der Waals surface area contributed by atoms with Gasteiger partial charge in [-0.3, -0.25) is 0 Å². The van der Waals surface area contributed by atoms with Gasteiger partial charge in [0.25, 0.3) is 0 Å². The normalized spacial score (nSPS) is 12.4. The minimum Gasteiger partial charge on any atom is -0.324 e. The number of hydrogen-bond acceptors (Lipinski definition) is 3. The summed E-state index contributed by atoms with van der Waals surface area (Å²) in [6.45, 7) is 1.86. The predicted octanol–water partition coefficient (Wildman–Crippen LogP) is 2.30. The fourth-order valence-corrected chi connectivity index (χ4v) is 1.61. The molecule has 82 valence electrons. The van der Waals surface area contributed by atoms with Crippen molar-refractivity contribution in [1.82, 2.24) is 9.97 Å². The minimum absolute atomic E-state index is 0.157. The Bertz CT molecular complexity index is 483. The molecule has 2 aromatic rings. The van der Waals surface area contributed by atoms with Gasteiger partial charge < -0.3 is 5.73 Å². The smallest absolute Gasteiger partial charge is 0.123 e. The van der Waals surface area contributed by atoms with Crippen LogP contribution in [0.25, 0.3) is 11.1 Å². The highest BCUT2D eigenvalue weighted by Gasteiger charge is 2.10. The summed E-state index contributed by atoms with van der Waals surface area (Å²) < 4.78 is 13.2. The molecule has 2 N–H and O–H groups in total. The lowest BCUT2D eigenvalue weighted by Crippen LogP contribution is -2.07. The minimum atomic E-state index is -0.289. The molecule has 0 fully saturated rings. The van der Waals surface area contributed by atoms with Crippen molar-refractivity contribution in [3.05, 3.63) is 48.3 Å². The van der Waals surface area contributed by atoms with Crippen molar-refractivity contribution >= 4 is 0 Å². The Morgan fingerprint density at radius 2 is 1.94 bits per heavy atom. The molecule has 0 saturated carbocycles. The fraction of sp³-hybridized carbons (Fsp3) is 0.167. The van der Waals surface area contributed by atoms with Crippen LogP contribution < -0.4 is 5.73 Å². The molecule has 1 atom stereocenters. The lowest BCUT2D eigenvalue weighted by molar-refractivity contribution is 0.626. The summed E-state index contributed by atoms with van der Waals surface area (Å²) in [7, 11) is 0. The van der Waals surface area contributed by atoms with E-state index >= 15 is 0 Å². The molecule has 2 rings (SSSR count). The molecule has 1 unspecified atom stereocenters. The van der Waals surface area contributed by atoms with Gasteiger partial charge in [0, 0.05) is 24.0 Å². The average Bonchev–Trinajstić information content (AvgIpc) is 2.29. The van der Waals surface area contributed by atoms with Crippen LogP contribution in [0.3, 0.4) is 0 Å². The quantitative estimate of drug-likeness (QED) is 0.839. The van der Waals surface area contributed by atoms with Crippen molar-refractivity contribution in [3.63, 3.8) is 0 Å². The van der Waals surface area contributed by atoms with Crippen molar-refractivity contribution in [2.75, 3.05) is 0 Å². The highest BCUT2D eigenvalue weighted by molar-refractivity contribution is 5.66. The van der Waals surface area contributed by atoms with E-state index in [0.717, 1.165) is 16.7 Å². The molecule has 0 saturated heterocycles. The van der Waals surface area contributed by atoms with E-state index < -0.39 is 0 Å².